The topological polar surface area (TPSA) is 42.2 Å². The summed E-state index contributed by atoms with van der Waals surface area (Å²) in [5.41, 5.74) is 8.97. The average Bonchev–Trinajstić information content (AvgIpc) is 2.47. The van der Waals surface area contributed by atoms with Crippen molar-refractivity contribution in [1.82, 2.24) is 4.98 Å². The molecular formula is C17H23N3. The summed E-state index contributed by atoms with van der Waals surface area (Å²) in [6.45, 7) is 2.36. The zero-order valence-electron chi connectivity index (χ0n) is 12.3. The highest BCUT2D eigenvalue weighted by molar-refractivity contribution is 5.98. The molecule has 3 nitrogen and oxygen atoms in total. The molecule has 1 aromatic carbocycles. The highest BCUT2D eigenvalue weighted by Gasteiger charge is 2.23. The Morgan fingerprint density at radius 2 is 1.90 bits per heavy atom. The molecule has 0 saturated heterocycles. The van der Waals surface area contributed by atoms with Gasteiger partial charge in [-0.2, -0.15) is 0 Å². The molecule has 1 aromatic heterocycles. The molecule has 0 unspecified atom stereocenters. The van der Waals surface area contributed by atoms with E-state index in [-0.39, 0.29) is 0 Å². The Bertz CT molecular complexity index is 600. The zero-order chi connectivity index (χ0) is 14.1. The Hall–Kier alpha value is -1.77. The molecule has 1 aliphatic carbocycles. The lowest BCUT2D eigenvalue weighted by molar-refractivity contribution is 0.341. The summed E-state index contributed by atoms with van der Waals surface area (Å²) < 4.78 is 0. The number of fused-ring (bicyclic) bond motifs is 1. The maximum absolute atomic E-state index is 6.04. The van der Waals surface area contributed by atoms with E-state index >= 15 is 0 Å². The van der Waals surface area contributed by atoms with E-state index in [0.717, 1.165) is 22.5 Å². The predicted octanol–water partition coefficient (Wildman–Crippen LogP) is 3.83. The molecule has 0 amide bonds. The average molecular weight is 269 g/mol. The van der Waals surface area contributed by atoms with Gasteiger partial charge in [-0.15, -0.1) is 0 Å². The first-order valence-corrected chi connectivity index (χ1v) is 7.53. The van der Waals surface area contributed by atoms with E-state index in [1.54, 1.807) is 0 Å². The molecule has 3 rings (SSSR count). The fourth-order valence-corrected chi connectivity index (χ4v) is 3.32. The van der Waals surface area contributed by atoms with Crippen molar-refractivity contribution in [3.8, 4) is 0 Å². The van der Waals surface area contributed by atoms with E-state index in [4.69, 9.17) is 5.73 Å². The van der Waals surface area contributed by atoms with E-state index in [1.807, 2.05) is 18.3 Å². The number of nitrogen functional groups attached to an aromatic ring is 1. The van der Waals surface area contributed by atoms with Crippen LogP contribution in [0, 0.1) is 5.92 Å². The van der Waals surface area contributed by atoms with Crippen molar-refractivity contribution in [1.29, 1.82) is 0 Å². The van der Waals surface area contributed by atoms with Crippen molar-refractivity contribution in [2.45, 2.75) is 38.6 Å². The number of benzene rings is 1. The highest BCUT2D eigenvalue weighted by atomic mass is 15.1. The van der Waals surface area contributed by atoms with Gasteiger partial charge in [-0.25, -0.2) is 0 Å². The molecule has 2 aromatic rings. The Labute approximate surface area is 120 Å². The van der Waals surface area contributed by atoms with Gasteiger partial charge < -0.3 is 10.6 Å². The molecule has 2 N–H and O–H groups in total. The summed E-state index contributed by atoms with van der Waals surface area (Å²) in [5, 5.41) is 1.16. The summed E-state index contributed by atoms with van der Waals surface area (Å²) in [6.07, 6.45) is 7.10. The third kappa shape index (κ3) is 2.33. The number of anilines is 2. The first kappa shape index (κ1) is 13.2. The number of pyridine rings is 1. The molecule has 1 heterocycles. The normalized spacial score (nSPS) is 22.9. The number of rotatable bonds is 2. The third-order valence-corrected chi connectivity index (χ3v) is 4.69. The van der Waals surface area contributed by atoms with Gasteiger partial charge in [0.2, 0.25) is 0 Å². The van der Waals surface area contributed by atoms with Crippen molar-refractivity contribution >= 4 is 22.3 Å². The van der Waals surface area contributed by atoms with Crippen LogP contribution in [0.1, 0.15) is 32.6 Å². The molecule has 1 fully saturated rings. The quantitative estimate of drug-likeness (QED) is 0.842. The Balaban J connectivity index is 1.95. The number of nitrogens with zero attached hydrogens (tertiary/aromatic N) is 2. The molecule has 0 atom stereocenters. The summed E-state index contributed by atoms with van der Waals surface area (Å²) >= 11 is 0. The fraction of sp³-hybridized carbons (Fsp3) is 0.471. The lowest BCUT2D eigenvalue weighted by Crippen LogP contribution is -2.34. The Kier molecular flexibility index (Phi) is 3.51. The fourth-order valence-electron chi connectivity index (χ4n) is 3.32. The molecule has 1 aliphatic rings. The molecule has 0 spiro atoms. The van der Waals surface area contributed by atoms with Gasteiger partial charge in [0.15, 0.2) is 0 Å². The molecule has 20 heavy (non-hydrogen) atoms. The molecule has 0 radical (unpaired) electrons. The van der Waals surface area contributed by atoms with Crippen LogP contribution in [-0.4, -0.2) is 18.1 Å². The number of para-hydroxylation sites is 1. The van der Waals surface area contributed by atoms with Gasteiger partial charge in [0, 0.05) is 30.4 Å². The lowest BCUT2D eigenvalue weighted by Gasteiger charge is -2.35. The van der Waals surface area contributed by atoms with Crippen molar-refractivity contribution in [2.75, 3.05) is 17.7 Å². The van der Waals surface area contributed by atoms with Crippen LogP contribution >= 0.6 is 0 Å². The molecule has 0 aliphatic heterocycles. The first-order chi connectivity index (χ1) is 9.66. The number of hydrogen-bond donors (Lipinski definition) is 1. The second-order valence-corrected chi connectivity index (χ2v) is 6.10. The maximum atomic E-state index is 6.04. The number of hydrogen-bond acceptors (Lipinski definition) is 3. The second-order valence-electron chi connectivity index (χ2n) is 6.10. The Morgan fingerprint density at radius 1 is 1.15 bits per heavy atom. The van der Waals surface area contributed by atoms with E-state index < -0.39 is 0 Å². The minimum atomic E-state index is 0.637. The standard InChI is InChI=1S/C17H23N3/c1-12-6-8-13(9-7-12)20(2)16-10-11-19-17-14(16)4-3-5-15(17)18/h3-5,10-13H,6-9,18H2,1-2H3. The largest absolute Gasteiger partial charge is 0.397 e. The van der Waals surface area contributed by atoms with Crippen LogP contribution < -0.4 is 10.6 Å². The van der Waals surface area contributed by atoms with Gasteiger partial charge >= 0.3 is 0 Å². The van der Waals surface area contributed by atoms with Crippen LogP contribution in [0.15, 0.2) is 30.5 Å². The molecule has 106 valence electrons. The van der Waals surface area contributed by atoms with Crippen LogP contribution in [0.3, 0.4) is 0 Å². The van der Waals surface area contributed by atoms with Crippen LogP contribution in [0.2, 0.25) is 0 Å². The van der Waals surface area contributed by atoms with Gasteiger partial charge in [0.1, 0.15) is 0 Å². The van der Waals surface area contributed by atoms with Gasteiger partial charge in [0.05, 0.1) is 11.2 Å². The number of aromatic nitrogens is 1. The van der Waals surface area contributed by atoms with Crippen molar-refractivity contribution in [3.05, 3.63) is 30.5 Å². The van der Waals surface area contributed by atoms with E-state index in [9.17, 15) is 0 Å². The van der Waals surface area contributed by atoms with Gasteiger partial charge in [-0.05, 0) is 43.7 Å². The van der Waals surface area contributed by atoms with Crippen molar-refractivity contribution in [2.24, 2.45) is 5.92 Å². The highest BCUT2D eigenvalue weighted by Crippen LogP contribution is 2.33. The molecule has 3 heteroatoms. The molecule has 1 saturated carbocycles. The molecule has 0 bridgehead atoms. The Morgan fingerprint density at radius 3 is 2.65 bits per heavy atom. The minimum Gasteiger partial charge on any atom is -0.397 e. The SMILES string of the molecule is CC1CCC(N(C)c2ccnc3c(N)cccc23)CC1. The van der Waals surface area contributed by atoms with E-state index in [0.29, 0.717) is 6.04 Å². The first-order valence-electron chi connectivity index (χ1n) is 7.53. The minimum absolute atomic E-state index is 0.637. The van der Waals surface area contributed by atoms with Crippen molar-refractivity contribution in [3.63, 3.8) is 0 Å². The smallest absolute Gasteiger partial charge is 0.0951 e. The van der Waals surface area contributed by atoms with Gasteiger partial charge in [0.25, 0.3) is 0 Å². The summed E-state index contributed by atoms with van der Waals surface area (Å²) in [7, 11) is 2.21. The van der Waals surface area contributed by atoms with Crippen LogP contribution in [0.5, 0.6) is 0 Å². The van der Waals surface area contributed by atoms with E-state index in [2.05, 4.69) is 36.0 Å². The summed E-state index contributed by atoms with van der Waals surface area (Å²) in [5.74, 6) is 0.879. The van der Waals surface area contributed by atoms with Crippen LogP contribution in [-0.2, 0) is 0 Å². The lowest BCUT2D eigenvalue weighted by atomic mass is 9.86. The monoisotopic (exact) mass is 269 g/mol. The summed E-state index contributed by atoms with van der Waals surface area (Å²) in [6, 6.07) is 8.80. The second kappa shape index (κ2) is 5.31. The number of nitrogens with two attached hydrogens (primary N) is 1. The van der Waals surface area contributed by atoms with Gasteiger partial charge in [-0.3, -0.25) is 4.98 Å². The maximum Gasteiger partial charge on any atom is 0.0951 e. The zero-order valence-corrected chi connectivity index (χ0v) is 12.3. The predicted molar refractivity (Wildman–Crippen MR) is 86.0 cm³/mol. The summed E-state index contributed by atoms with van der Waals surface area (Å²) in [4.78, 5) is 6.86. The van der Waals surface area contributed by atoms with E-state index in [1.165, 1.54) is 31.4 Å². The third-order valence-electron chi connectivity index (χ3n) is 4.69. The van der Waals surface area contributed by atoms with Gasteiger partial charge in [-0.1, -0.05) is 19.1 Å². The van der Waals surface area contributed by atoms with Crippen LogP contribution in [0.4, 0.5) is 11.4 Å². The van der Waals surface area contributed by atoms with Crippen LogP contribution in [0.25, 0.3) is 10.9 Å². The van der Waals surface area contributed by atoms with Crippen molar-refractivity contribution < 1.29 is 0 Å². The molecular weight excluding hydrogens is 246 g/mol.